The number of thiophene rings is 1. The molecule has 0 saturated heterocycles. The molecule has 2 aromatic rings. The van der Waals surface area contributed by atoms with Crippen LogP contribution in [-0.2, 0) is 0 Å². The van der Waals surface area contributed by atoms with E-state index in [2.05, 4.69) is 19.2 Å². The van der Waals surface area contributed by atoms with Crippen LogP contribution in [-0.4, -0.2) is 6.26 Å². The summed E-state index contributed by atoms with van der Waals surface area (Å²) >= 11 is 9.74. The Kier molecular flexibility index (Phi) is 2.54. The molecule has 13 heavy (non-hydrogen) atoms. The maximum absolute atomic E-state index is 6.13. The van der Waals surface area contributed by atoms with Crippen LogP contribution >= 0.6 is 34.7 Å². The third-order valence-corrected chi connectivity index (χ3v) is 4.84. The Labute approximate surface area is 90.9 Å². The van der Waals surface area contributed by atoms with Gasteiger partial charge < -0.3 is 0 Å². The number of thioether (sulfide) groups is 1. The number of hydrogen-bond donors (Lipinski definition) is 0. The molecule has 0 aliphatic carbocycles. The van der Waals surface area contributed by atoms with Crippen LogP contribution in [0.4, 0.5) is 0 Å². The minimum atomic E-state index is 0.867. The van der Waals surface area contributed by atoms with Crippen molar-refractivity contribution in [1.29, 1.82) is 0 Å². The van der Waals surface area contributed by atoms with Crippen LogP contribution in [0.2, 0.25) is 5.02 Å². The zero-order valence-corrected chi connectivity index (χ0v) is 9.82. The molecule has 0 nitrogen and oxygen atoms in total. The molecule has 0 radical (unpaired) electrons. The quantitative estimate of drug-likeness (QED) is 0.644. The van der Waals surface area contributed by atoms with Gasteiger partial charge in [-0.2, -0.15) is 0 Å². The molecule has 0 bridgehead atoms. The summed E-state index contributed by atoms with van der Waals surface area (Å²) in [6.07, 6.45) is 2.10. The number of aryl methyl sites for hydroxylation is 1. The second-order valence-electron chi connectivity index (χ2n) is 2.83. The molecule has 1 aromatic heterocycles. The van der Waals surface area contributed by atoms with Gasteiger partial charge in [-0.1, -0.05) is 17.7 Å². The minimum Gasteiger partial charge on any atom is -0.128 e. The van der Waals surface area contributed by atoms with Gasteiger partial charge in [0.25, 0.3) is 0 Å². The summed E-state index contributed by atoms with van der Waals surface area (Å²) in [7, 11) is 0. The molecule has 0 atom stereocenters. The fourth-order valence-corrected chi connectivity index (χ4v) is 3.78. The second-order valence-corrected chi connectivity index (χ2v) is 5.37. The highest BCUT2D eigenvalue weighted by atomic mass is 35.5. The summed E-state index contributed by atoms with van der Waals surface area (Å²) in [5.74, 6) is 0. The molecule has 0 aliphatic rings. The van der Waals surface area contributed by atoms with Gasteiger partial charge in [-0.05, 0) is 30.9 Å². The maximum Gasteiger partial charge on any atom is 0.0638 e. The fourth-order valence-electron chi connectivity index (χ4n) is 1.43. The SMILES string of the molecule is CSc1sc2cccc(Cl)c2c1C. The first-order chi connectivity index (χ1) is 6.24. The van der Waals surface area contributed by atoms with E-state index in [4.69, 9.17) is 11.6 Å². The third-order valence-electron chi connectivity index (χ3n) is 2.04. The summed E-state index contributed by atoms with van der Waals surface area (Å²) in [5, 5.41) is 2.09. The van der Waals surface area contributed by atoms with Gasteiger partial charge in [0, 0.05) is 15.1 Å². The van der Waals surface area contributed by atoms with Gasteiger partial charge in [0.1, 0.15) is 0 Å². The smallest absolute Gasteiger partial charge is 0.0638 e. The van der Waals surface area contributed by atoms with Crippen molar-refractivity contribution in [3.8, 4) is 0 Å². The lowest BCUT2D eigenvalue weighted by atomic mass is 10.2. The topological polar surface area (TPSA) is 0 Å². The molecule has 0 spiro atoms. The van der Waals surface area contributed by atoms with Crippen molar-refractivity contribution >= 4 is 44.8 Å². The van der Waals surface area contributed by atoms with Crippen LogP contribution < -0.4 is 0 Å². The molecule has 1 heterocycles. The van der Waals surface area contributed by atoms with E-state index in [1.807, 2.05) is 23.5 Å². The van der Waals surface area contributed by atoms with Crippen molar-refractivity contribution in [1.82, 2.24) is 0 Å². The zero-order chi connectivity index (χ0) is 9.42. The molecular formula is C10H9ClS2. The van der Waals surface area contributed by atoms with Crippen LogP contribution in [0.5, 0.6) is 0 Å². The van der Waals surface area contributed by atoms with Crippen LogP contribution in [0.1, 0.15) is 5.56 Å². The Hall–Kier alpha value is -0.180. The summed E-state index contributed by atoms with van der Waals surface area (Å²) in [4.78, 5) is 0. The lowest BCUT2D eigenvalue weighted by Gasteiger charge is -1.95. The molecule has 0 fully saturated rings. The summed E-state index contributed by atoms with van der Waals surface area (Å²) < 4.78 is 2.65. The van der Waals surface area contributed by atoms with E-state index < -0.39 is 0 Å². The lowest BCUT2D eigenvalue weighted by Crippen LogP contribution is -1.71. The maximum atomic E-state index is 6.13. The predicted octanol–water partition coefficient (Wildman–Crippen LogP) is 4.59. The van der Waals surface area contributed by atoms with E-state index in [1.54, 1.807) is 11.8 Å². The molecule has 0 N–H and O–H groups in total. The molecule has 3 heteroatoms. The fraction of sp³-hybridized carbons (Fsp3) is 0.200. The number of fused-ring (bicyclic) bond motifs is 1. The van der Waals surface area contributed by atoms with Crippen LogP contribution in [0.3, 0.4) is 0 Å². The van der Waals surface area contributed by atoms with Gasteiger partial charge in [-0.3, -0.25) is 0 Å². The molecule has 0 saturated carbocycles. The minimum absolute atomic E-state index is 0.867. The van der Waals surface area contributed by atoms with Crippen molar-refractivity contribution in [2.45, 2.75) is 11.1 Å². The van der Waals surface area contributed by atoms with Crippen LogP contribution in [0.15, 0.2) is 22.4 Å². The first-order valence-corrected chi connectivity index (χ1v) is 6.37. The third kappa shape index (κ3) is 1.47. The van der Waals surface area contributed by atoms with E-state index in [9.17, 15) is 0 Å². The van der Waals surface area contributed by atoms with Gasteiger partial charge in [0.05, 0.1) is 4.21 Å². The van der Waals surface area contributed by atoms with E-state index >= 15 is 0 Å². The summed E-state index contributed by atoms with van der Waals surface area (Å²) in [6, 6.07) is 6.08. The van der Waals surface area contributed by atoms with Crippen molar-refractivity contribution in [2.75, 3.05) is 6.26 Å². The van der Waals surface area contributed by atoms with Crippen LogP contribution in [0.25, 0.3) is 10.1 Å². The average molecular weight is 229 g/mol. The normalized spacial score (nSPS) is 11.0. The van der Waals surface area contributed by atoms with Gasteiger partial charge in [0.15, 0.2) is 0 Å². The molecular weight excluding hydrogens is 220 g/mol. The van der Waals surface area contributed by atoms with Crippen molar-refractivity contribution < 1.29 is 0 Å². The number of rotatable bonds is 1. The van der Waals surface area contributed by atoms with Crippen molar-refractivity contribution in [2.24, 2.45) is 0 Å². The Bertz CT molecular complexity index is 445. The standard InChI is InChI=1S/C10H9ClS2/c1-6-9-7(11)4-3-5-8(9)13-10(6)12-2/h3-5H,1-2H3. The zero-order valence-electron chi connectivity index (χ0n) is 7.43. The Morgan fingerprint density at radius 2 is 2.15 bits per heavy atom. The second kappa shape index (κ2) is 3.52. The van der Waals surface area contributed by atoms with Gasteiger partial charge in [-0.15, -0.1) is 23.1 Å². The van der Waals surface area contributed by atoms with E-state index in [-0.39, 0.29) is 0 Å². The molecule has 2 rings (SSSR count). The van der Waals surface area contributed by atoms with Crippen molar-refractivity contribution in [3.63, 3.8) is 0 Å². The Morgan fingerprint density at radius 3 is 2.77 bits per heavy atom. The number of hydrogen-bond acceptors (Lipinski definition) is 2. The first kappa shape index (κ1) is 9.38. The Balaban J connectivity index is 2.85. The highest BCUT2D eigenvalue weighted by molar-refractivity contribution is 8.00. The summed E-state index contributed by atoms with van der Waals surface area (Å²) in [5.41, 5.74) is 1.32. The monoisotopic (exact) mass is 228 g/mol. The Morgan fingerprint density at radius 1 is 1.38 bits per heavy atom. The molecule has 0 aliphatic heterocycles. The molecule has 0 amide bonds. The summed E-state index contributed by atoms with van der Waals surface area (Å²) in [6.45, 7) is 2.14. The van der Waals surface area contributed by atoms with Gasteiger partial charge >= 0.3 is 0 Å². The van der Waals surface area contributed by atoms with E-state index in [0.29, 0.717) is 0 Å². The average Bonchev–Trinajstić information content (AvgIpc) is 2.44. The molecule has 68 valence electrons. The van der Waals surface area contributed by atoms with E-state index in [0.717, 1.165) is 5.02 Å². The van der Waals surface area contributed by atoms with E-state index in [1.165, 1.54) is 19.9 Å². The highest BCUT2D eigenvalue weighted by Crippen LogP contribution is 2.39. The number of halogens is 1. The molecule has 1 aromatic carbocycles. The first-order valence-electron chi connectivity index (χ1n) is 3.95. The van der Waals surface area contributed by atoms with Gasteiger partial charge in [0.2, 0.25) is 0 Å². The van der Waals surface area contributed by atoms with Crippen LogP contribution in [0, 0.1) is 6.92 Å². The van der Waals surface area contributed by atoms with Crippen molar-refractivity contribution in [3.05, 3.63) is 28.8 Å². The predicted molar refractivity (Wildman–Crippen MR) is 63.4 cm³/mol. The molecule has 0 unspecified atom stereocenters. The highest BCUT2D eigenvalue weighted by Gasteiger charge is 2.09. The number of benzene rings is 1. The van der Waals surface area contributed by atoms with Gasteiger partial charge in [-0.25, -0.2) is 0 Å². The largest absolute Gasteiger partial charge is 0.128 e. The lowest BCUT2D eigenvalue weighted by molar-refractivity contribution is 1.47.